The number of thiocarbonyl (C=S) groups is 1. The maximum atomic E-state index is 13.0. The number of nitrogens with one attached hydrogen (secondary N) is 2. The van der Waals surface area contributed by atoms with E-state index < -0.39 is 0 Å². The number of pyridine rings is 1. The van der Waals surface area contributed by atoms with Crippen LogP contribution in [0.3, 0.4) is 0 Å². The maximum absolute atomic E-state index is 13.0. The fourth-order valence-electron chi connectivity index (χ4n) is 4.29. The molecule has 1 aromatic heterocycles. The highest BCUT2D eigenvalue weighted by Crippen LogP contribution is 2.35. The molecule has 0 bridgehead atoms. The van der Waals surface area contributed by atoms with Crippen LogP contribution in [0.25, 0.3) is 10.9 Å². The number of fused-ring (bicyclic) bond motifs is 2. The number of hydrogen-bond donors (Lipinski definition) is 2. The number of nitrogens with zero attached hydrogens (tertiary/aromatic N) is 1. The van der Waals surface area contributed by atoms with Gasteiger partial charge in [-0.05, 0) is 73.4 Å². The van der Waals surface area contributed by atoms with Crippen LogP contribution < -0.4 is 20.3 Å². The van der Waals surface area contributed by atoms with Gasteiger partial charge < -0.3 is 24.7 Å². The molecular weight excluding hydrogens is 458 g/mol. The average molecular weight is 486 g/mol. The number of aryl methyl sites for hydroxylation is 2. The van der Waals surface area contributed by atoms with Crippen LogP contribution >= 0.6 is 12.2 Å². The van der Waals surface area contributed by atoms with Crippen LogP contribution in [-0.4, -0.2) is 28.3 Å². The topological polar surface area (TPSA) is 66.6 Å². The maximum Gasteiger partial charge on any atom is 0.253 e. The van der Waals surface area contributed by atoms with Crippen molar-refractivity contribution in [1.82, 2.24) is 9.88 Å². The molecule has 1 aliphatic rings. The van der Waals surface area contributed by atoms with E-state index in [2.05, 4.69) is 35.4 Å². The van der Waals surface area contributed by atoms with Crippen LogP contribution in [0.15, 0.2) is 71.5 Å². The van der Waals surface area contributed by atoms with Crippen molar-refractivity contribution in [2.75, 3.05) is 18.7 Å². The van der Waals surface area contributed by atoms with Crippen molar-refractivity contribution in [1.29, 1.82) is 0 Å². The Labute approximate surface area is 209 Å². The summed E-state index contributed by atoms with van der Waals surface area (Å²) in [5, 5.41) is 4.82. The molecule has 4 aromatic rings. The molecule has 5 rings (SSSR count). The molecule has 0 fully saturated rings. The van der Waals surface area contributed by atoms with Gasteiger partial charge in [-0.2, -0.15) is 0 Å². The fraction of sp³-hybridized carbons (Fsp3) is 0.214. The monoisotopic (exact) mass is 485 g/mol. The van der Waals surface area contributed by atoms with E-state index in [1.165, 1.54) is 11.1 Å². The minimum atomic E-state index is -0.143. The van der Waals surface area contributed by atoms with Crippen LogP contribution in [0.5, 0.6) is 11.5 Å². The van der Waals surface area contributed by atoms with E-state index in [9.17, 15) is 4.79 Å². The van der Waals surface area contributed by atoms with Gasteiger partial charge in [0.15, 0.2) is 16.6 Å². The van der Waals surface area contributed by atoms with Crippen LogP contribution in [0.2, 0.25) is 0 Å². The molecule has 6 nitrogen and oxygen atoms in total. The zero-order valence-electron chi connectivity index (χ0n) is 19.8. The highest BCUT2D eigenvalue weighted by atomic mass is 32.1. The summed E-state index contributed by atoms with van der Waals surface area (Å²) in [6.45, 7) is 5.39. The normalized spacial score (nSPS) is 12.1. The highest BCUT2D eigenvalue weighted by molar-refractivity contribution is 7.80. The number of hydrogen-bond acceptors (Lipinski definition) is 4. The first-order valence-corrected chi connectivity index (χ1v) is 12.0. The molecule has 0 amide bonds. The lowest BCUT2D eigenvalue weighted by Crippen LogP contribution is -2.37. The molecule has 1 aliphatic heterocycles. The summed E-state index contributed by atoms with van der Waals surface area (Å²) in [4.78, 5) is 18.0. The van der Waals surface area contributed by atoms with Crippen LogP contribution in [0, 0.1) is 13.8 Å². The molecule has 0 saturated carbocycles. The second-order valence-corrected chi connectivity index (χ2v) is 9.20. The Balaban J connectivity index is 1.43. The number of aromatic amines is 1. The molecule has 35 heavy (non-hydrogen) atoms. The van der Waals surface area contributed by atoms with E-state index in [1.807, 2.05) is 60.4 Å². The van der Waals surface area contributed by atoms with Crippen LogP contribution in [0.1, 0.15) is 22.3 Å². The second-order valence-electron chi connectivity index (χ2n) is 8.81. The third-order valence-corrected chi connectivity index (χ3v) is 6.60. The highest BCUT2D eigenvalue weighted by Gasteiger charge is 2.18. The van der Waals surface area contributed by atoms with Gasteiger partial charge in [-0.3, -0.25) is 4.79 Å². The zero-order chi connectivity index (χ0) is 24.4. The number of benzene rings is 3. The molecule has 2 N–H and O–H groups in total. The van der Waals surface area contributed by atoms with Gasteiger partial charge in [0.25, 0.3) is 5.56 Å². The minimum absolute atomic E-state index is 0.143. The molecule has 7 heteroatoms. The number of anilines is 1. The number of rotatable bonds is 6. The van der Waals surface area contributed by atoms with Crippen molar-refractivity contribution in [3.63, 3.8) is 0 Å². The Bertz CT molecular complexity index is 1460. The lowest BCUT2D eigenvalue weighted by molar-refractivity contribution is 0.174. The molecule has 0 spiro atoms. The van der Waals surface area contributed by atoms with Crippen molar-refractivity contribution in [3.05, 3.63) is 99.3 Å². The molecule has 0 saturated heterocycles. The van der Waals surface area contributed by atoms with Gasteiger partial charge in [-0.1, -0.05) is 36.4 Å². The van der Waals surface area contributed by atoms with Gasteiger partial charge >= 0.3 is 0 Å². The number of ether oxygens (including phenoxy) is 2. The SMILES string of the molecule is Cc1cccc(NC(=S)N(CCc2ccccc2C)Cc2cc3cc4c(cc3[nH]c2=O)OCO4)c1. The van der Waals surface area contributed by atoms with Crippen molar-refractivity contribution in [3.8, 4) is 11.5 Å². The number of aromatic nitrogens is 1. The van der Waals surface area contributed by atoms with Gasteiger partial charge in [0, 0.05) is 29.2 Å². The van der Waals surface area contributed by atoms with Gasteiger partial charge in [0.1, 0.15) is 0 Å². The summed E-state index contributed by atoms with van der Waals surface area (Å²) < 4.78 is 11.0. The Hall–Kier alpha value is -3.84. The van der Waals surface area contributed by atoms with Crippen molar-refractivity contribution in [2.45, 2.75) is 26.8 Å². The predicted molar refractivity (Wildman–Crippen MR) is 143 cm³/mol. The Morgan fingerprint density at radius 1 is 1.00 bits per heavy atom. The first kappa shape index (κ1) is 22.9. The van der Waals surface area contributed by atoms with Crippen LogP contribution in [-0.2, 0) is 13.0 Å². The Morgan fingerprint density at radius 2 is 1.80 bits per heavy atom. The van der Waals surface area contributed by atoms with Crippen LogP contribution in [0.4, 0.5) is 5.69 Å². The minimum Gasteiger partial charge on any atom is -0.454 e. The largest absolute Gasteiger partial charge is 0.454 e. The fourth-order valence-corrected chi connectivity index (χ4v) is 4.56. The van der Waals surface area contributed by atoms with Gasteiger partial charge in [0.05, 0.1) is 12.1 Å². The first-order valence-electron chi connectivity index (χ1n) is 11.6. The summed E-state index contributed by atoms with van der Waals surface area (Å²) >= 11 is 5.82. The standard InChI is InChI=1S/C28H27N3O3S/c1-18-6-5-9-23(12-18)29-28(35)31(11-10-20-8-4-3-7-19(20)2)16-22-13-21-14-25-26(34-17-33-25)15-24(21)30-27(22)32/h3-9,12-15H,10-11,16-17H2,1-2H3,(H,29,35)(H,30,32). The lowest BCUT2D eigenvalue weighted by atomic mass is 10.1. The molecule has 2 heterocycles. The van der Waals surface area contributed by atoms with E-state index in [0.29, 0.717) is 35.3 Å². The second kappa shape index (κ2) is 9.80. The van der Waals surface area contributed by atoms with Gasteiger partial charge in [0.2, 0.25) is 6.79 Å². The first-order chi connectivity index (χ1) is 17.0. The molecule has 0 aliphatic carbocycles. The van der Waals surface area contributed by atoms with E-state index in [1.54, 1.807) is 0 Å². The molecule has 0 unspecified atom stereocenters. The Morgan fingerprint density at radius 3 is 2.60 bits per heavy atom. The Kier molecular flexibility index (Phi) is 6.42. The smallest absolute Gasteiger partial charge is 0.253 e. The van der Waals surface area contributed by atoms with E-state index in [0.717, 1.165) is 28.6 Å². The quantitative estimate of drug-likeness (QED) is 0.361. The summed E-state index contributed by atoms with van der Waals surface area (Å²) in [6.07, 6.45) is 0.812. The third kappa shape index (κ3) is 5.15. The molecule has 178 valence electrons. The van der Waals surface area contributed by atoms with E-state index >= 15 is 0 Å². The number of H-pyrrole nitrogens is 1. The van der Waals surface area contributed by atoms with Gasteiger partial charge in [-0.25, -0.2) is 0 Å². The van der Waals surface area contributed by atoms with Crippen molar-refractivity contribution >= 4 is 33.9 Å². The third-order valence-electron chi connectivity index (χ3n) is 6.24. The average Bonchev–Trinajstić information content (AvgIpc) is 3.28. The van der Waals surface area contributed by atoms with Crippen molar-refractivity contribution < 1.29 is 9.47 Å². The van der Waals surface area contributed by atoms with E-state index in [-0.39, 0.29) is 12.4 Å². The van der Waals surface area contributed by atoms with Crippen molar-refractivity contribution in [2.24, 2.45) is 0 Å². The molecular formula is C28H27N3O3S. The lowest BCUT2D eigenvalue weighted by Gasteiger charge is -2.26. The summed E-state index contributed by atoms with van der Waals surface area (Å²) in [7, 11) is 0. The zero-order valence-corrected chi connectivity index (χ0v) is 20.6. The summed E-state index contributed by atoms with van der Waals surface area (Å²) in [5.74, 6) is 1.33. The molecule has 0 atom stereocenters. The predicted octanol–water partition coefficient (Wildman–Crippen LogP) is 5.32. The van der Waals surface area contributed by atoms with Gasteiger partial charge in [-0.15, -0.1) is 0 Å². The van der Waals surface area contributed by atoms with E-state index in [4.69, 9.17) is 21.7 Å². The molecule has 0 radical (unpaired) electrons. The summed E-state index contributed by atoms with van der Waals surface area (Å²) in [5.41, 5.74) is 5.78. The summed E-state index contributed by atoms with van der Waals surface area (Å²) in [6, 6.07) is 22.0. The molecule has 3 aromatic carbocycles.